The van der Waals surface area contributed by atoms with E-state index in [0.717, 1.165) is 38.9 Å². The predicted octanol–water partition coefficient (Wildman–Crippen LogP) is 7.20. The summed E-state index contributed by atoms with van der Waals surface area (Å²) >= 11 is 0. The number of carbonyl (C=O) groups is 2. The van der Waals surface area contributed by atoms with Gasteiger partial charge in [0.1, 0.15) is 12.6 Å². The number of alkyl carbamates (subject to hydrolysis) is 1. The fourth-order valence-corrected chi connectivity index (χ4v) is 6.24. The lowest BCUT2D eigenvalue weighted by Gasteiger charge is -2.36. The smallest absolute Gasteiger partial charge is 0.407 e. The molecule has 0 saturated carbocycles. The van der Waals surface area contributed by atoms with E-state index in [2.05, 4.69) is 29.6 Å². The molecule has 0 bridgehead atoms. The molecule has 1 amide bonds. The zero-order valence-corrected chi connectivity index (χ0v) is 24.8. The number of benzene rings is 5. The largest absolute Gasteiger partial charge is 0.449 e. The van der Waals surface area contributed by atoms with E-state index in [1.165, 1.54) is 0 Å². The van der Waals surface area contributed by atoms with Crippen molar-refractivity contribution in [3.05, 3.63) is 167 Å². The molecule has 45 heavy (non-hydrogen) atoms. The van der Waals surface area contributed by atoms with Gasteiger partial charge in [-0.15, -0.1) is 0 Å². The Bertz CT molecular complexity index is 1600. The van der Waals surface area contributed by atoms with Crippen LogP contribution in [0.25, 0.3) is 11.1 Å². The Hall–Kier alpha value is -5.20. The molecule has 1 aliphatic carbocycles. The van der Waals surface area contributed by atoms with Gasteiger partial charge in [0, 0.05) is 29.2 Å². The molecule has 0 saturated heterocycles. The lowest BCUT2D eigenvalue weighted by atomic mass is 9.80. The second-order valence-corrected chi connectivity index (χ2v) is 11.1. The first-order valence-electron chi connectivity index (χ1n) is 15.2. The van der Waals surface area contributed by atoms with Crippen molar-refractivity contribution in [2.24, 2.45) is 0 Å². The van der Waals surface area contributed by atoms with E-state index >= 15 is 0 Å². The van der Waals surface area contributed by atoms with Crippen LogP contribution < -0.4 is 5.32 Å². The van der Waals surface area contributed by atoms with Crippen LogP contribution in [0.1, 0.15) is 46.6 Å². The summed E-state index contributed by atoms with van der Waals surface area (Å²) in [7, 11) is 0. The van der Waals surface area contributed by atoms with E-state index in [1.807, 2.05) is 115 Å². The van der Waals surface area contributed by atoms with Crippen LogP contribution >= 0.6 is 0 Å². The van der Waals surface area contributed by atoms with Crippen molar-refractivity contribution in [2.45, 2.75) is 30.4 Å². The molecule has 0 unspecified atom stereocenters. The summed E-state index contributed by atoms with van der Waals surface area (Å²) in [6.07, 6.45) is -0.256. The average molecular weight is 598 g/mol. The molecule has 2 N–H and O–H groups in total. The first-order valence-corrected chi connectivity index (χ1v) is 15.2. The molecule has 6 nitrogen and oxygen atoms in total. The Kier molecular flexibility index (Phi) is 9.04. The summed E-state index contributed by atoms with van der Waals surface area (Å²) in [6.45, 7) is -0.0268. The van der Waals surface area contributed by atoms with Gasteiger partial charge < -0.3 is 19.9 Å². The Balaban J connectivity index is 1.26. The molecule has 0 spiro atoms. The maximum atomic E-state index is 14.1. The van der Waals surface area contributed by atoms with Crippen LogP contribution in [-0.4, -0.2) is 36.4 Å². The third-order valence-electron chi connectivity index (χ3n) is 8.37. The number of fused-ring (bicyclic) bond motifs is 3. The van der Waals surface area contributed by atoms with E-state index in [1.54, 1.807) is 0 Å². The maximum absolute atomic E-state index is 14.1. The molecule has 226 valence electrons. The van der Waals surface area contributed by atoms with Crippen LogP contribution in [0.3, 0.4) is 0 Å². The number of carbonyl (C=O) groups excluding carboxylic acids is 2. The first kappa shape index (κ1) is 29.9. The minimum atomic E-state index is -1.29. The lowest BCUT2D eigenvalue weighted by molar-refractivity contribution is -0.156. The van der Waals surface area contributed by atoms with Crippen LogP contribution in [0, 0.1) is 0 Å². The summed E-state index contributed by atoms with van der Waals surface area (Å²) in [6, 6.07) is 43.9. The van der Waals surface area contributed by atoms with Crippen molar-refractivity contribution in [3.8, 4) is 11.1 Å². The van der Waals surface area contributed by atoms with Gasteiger partial charge >= 0.3 is 12.1 Å². The number of nitrogens with one attached hydrogen (secondary N) is 1. The number of aliphatic hydroxyl groups excluding tert-OH is 1. The van der Waals surface area contributed by atoms with Crippen LogP contribution in [0.15, 0.2) is 140 Å². The van der Waals surface area contributed by atoms with Crippen molar-refractivity contribution in [1.82, 2.24) is 5.32 Å². The Morgan fingerprint density at radius 1 is 0.667 bits per heavy atom. The van der Waals surface area contributed by atoms with Gasteiger partial charge in [-0.1, -0.05) is 140 Å². The fraction of sp³-hybridized carbons (Fsp3) is 0.179. The van der Waals surface area contributed by atoms with Gasteiger partial charge in [-0.2, -0.15) is 0 Å². The minimum Gasteiger partial charge on any atom is -0.449 e. The van der Waals surface area contributed by atoms with E-state index < -0.39 is 23.7 Å². The van der Waals surface area contributed by atoms with Crippen molar-refractivity contribution in [1.29, 1.82) is 0 Å². The Morgan fingerprint density at radius 3 is 1.58 bits per heavy atom. The van der Waals surface area contributed by atoms with Crippen molar-refractivity contribution < 1.29 is 24.2 Å². The standard InChI is InChI=1S/C39H35NO5/c41-26-14-25-36(40-38(43)44-27-35-33-23-12-10-21-31(33)32-22-11-13-24-34(32)35)37(42)45-39(28-15-4-1-5-16-28,29-17-6-2-7-18-29)30-19-8-3-9-20-30/h1-13,15-24,35-36,41H,14,25-27H2,(H,40,43)/t36-/m0/s1. The highest BCUT2D eigenvalue weighted by molar-refractivity contribution is 5.83. The first-order chi connectivity index (χ1) is 22.1. The Morgan fingerprint density at radius 2 is 1.11 bits per heavy atom. The van der Waals surface area contributed by atoms with E-state index in [9.17, 15) is 14.7 Å². The number of hydrogen-bond acceptors (Lipinski definition) is 5. The predicted molar refractivity (Wildman–Crippen MR) is 174 cm³/mol. The number of rotatable bonds is 11. The highest BCUT2D eigenvalue weighted by atomic mass is 16.6. The second-order valence-electron chi connectivity index (χ2n) is 11.1. The van der Waals surface area contributed by atoms with E-state index in [0.29, 0.717) is 6.42 Å². The van der Waals surface area contributed by atoms with Crippen molar-refractivity contribution in [2.75, 3.05) is 13.2 Å². The van der Waals surface area contributed by atoms with Crippen molar-refractivity contribution >= 4 is 12.1 Å². The van der Waals surface area contributed by atoms with Gasteiger partial charge in [0.05, 0.1) is 0 Å². The summed E-state index contributed by atoms with van der Waals surface area (Å²) in [5.41, 5.74) is 5.45. The second kappa shape index (κ2) is 13.6. The molecule has 6 heteroatoms. The minimum absolute atomic E-state index is 0.115. The normalized spacial score (nSPS) is 12.9. The molecule has 1 atom stereocenters. The SMILES string of the molecule is O=C(N[C@@H](CCCO)C(=O)OC(c1ccccc1)(c1ccccc1)c1ccccc1)OCC1c2ccccc2-c2ccccc21. The average Bonchev–Trinajstić information content (AvgIpc) is 3.42. The third kappa shape index (κ3) is 6.10. The molecule has 0 radical (unpaired) electrons. The third-order valence-corrected chi connectivity index (χ3v) is 8.37. The molecule has 0 aliphatic heterocycles. The van der Waals surface area contributed by atoms with Crippen molar-refractivity contribution in [3.63, 3.8) is 0 Å². The molecular formula is C39H35NO5. The van der Waals surface area contributed by atoms with E-state index in [-0.39, 0.29) is 25.6 Å². The molecular weight excluding hydrogens is 562 g/mol. The fourth-order valence-electron chi connectivity index (χ4n) is 6.24. The molecule has 5 aromatic rings. The molecule has 6 rings (SSSR count). The lowest BCUT2D eigenvalue weighted by Crippen LogP contribution is -2.46. The summed E-state index contributed by atoms with van der Waals surface area (Å²) in [4.78, 5) is 27.4. The highest BCUT2D eigenvalue weighted by Crippen LogP contribution is 2.45. The van der Waals surface area contributed by atoms with Gasteiger partial charge in [0.2, 0.25) is 0 Å². The molecule has 0 fully saturated rings. The number of amides is 1. The quantitative estimate of drug-likeness (QED) is 0.124. The number of aliphatic hydroxyl groups is 1. The van der Waals surface area contributed by atoms with Crippen LogP contribution in [0.5, 0.6) is 0 Å². The van der Waals surface area contributed by atoms with Gasteiger partial charge in [0.15, 0.2) is 5.60 Å². The zero-order valence-electron chi connectivity index (χ0n) is 24.8. The summed E-state index contributed by atoms with van der Waals surface area (Å²) in [5, 5.41) is 12.4. The number of hydrogen-bond donors (Lipinski definition) is 2. The van der Waals surface area contributed by atoms with Gasteiger partial charge in [-0.05, 0) is 35.1 Å². The maximum Gasteiger partial charge on any atom is 0.407 e. The van der Waals surface area contributed by atoms with Crippen LogP contribution in [-0.2, 0) is 19.9 Å². The number of ether oxygens (including phenoxy) is 2. The van der Waals surface area contributed by atoms with Crippen LogP contribution in [0.4, 0.5) is 4.79 Å². The summed E-state index contributed by atoms with van der Waals surface area (Å²) in [5.74, 6) is -0.749. The van der Waals surface area contributed by atoms with Gasteiger partial charge in [-0.3, -0.25) is 0 Å². The molecule has 5 aromatic carbocycles. The highest BCUT2D eigenvalue weighted by Gasteiger charge is 2.42. The Labute approximate surface area is 263 Å². The zero-order chi connectivity index (χ0) is 31.1. The monoisotopic (exact) mass is 597 g/mol. The molecule has 0 aromatic heterocycles. The molecule has 1 aliphatic rings. The van der Waals surface area contributed by atoms with Gasteiger partial charge in [0.25, 0.3) is 0 Å². The van der Waals surface area contributed by atoms with E-state index in [4.69, 9.17) is 9.47 Å². The topological polar surface area (TPSA) is 84.9 Å². The van der Waals surface area contributed by atoms with Crippen LogP contribution in [0.2, 0.25) is 0 Å². The summed E-state index contributed by atoms with van der Waals surface area (Å²) < 4.78 is 12.3. The molecule has 0 heterocycles. The van der Waals surface area contributed by atoms with Gasteiger partial charge in [-0.25, -0.2) is 9.59 Å². The number of esters is 1.